The fourth-order valence-corrected chi connectivity index (χ4v) is 6.23. The first-order valence-electron chi connectivity index (χ1n) is 14.4. The Kier molecular flexibility index (Phi) is 9.14. The van der Waals surface area contributed by atoms with Gasteiger partial charge in [0.05, 0.1) is 24.8 Å². The van der Waals surface area contributed by atoms with Gasteiger partial charge in [-0.1, -0.05) is 31.2 Å². The minimum atomic E-state index is -4.61. The molecule has 1 amide bonds. The van der Waals surface area contributed by atoms with Crippen LogP contribution in [0.15, 0.2) is 59.7 Å². The molecule has 0 spiro atoms. The van der Waals surface area contributed by atoms with Gasteiger partial charge in [0.2, 0.25) is 0 Å². The largest absolute Gasteiger partial charge is 0.496 e. The number of alkyl halides is 5. The van der Waals surface area contributed by atoms with E-state index in [2.05, 4.69) is 0 Å². The maximum absolute atomic E-state index is 14.1. The molecule has 2 aromatic rings. The highest BCUT2D eigenvalue weighted by molar-refractivity contribution is 5.82. The van der Waals surface area contributed by atoms with Crippen molar-refractivity contribution < 1.29 is 36.2 Å². The summed E-state index contributed by atoms with van der Waals surface area (Å²) in [6.45, 7) is 9.38. The number of nitrogens with zero attached hydrogens (tertiary/aromatic N) is 1. The third-order valence-electron chi connectivity index (χ3n) is 8.58. The van der Waals surface area contributed by atoms with Gasteiger partial charge in [0.1, 0.15) is 11.9 Å². The maximum atomic E-state index is 14.1. The lowest BCUT2D eigenvalue weighted by Gasteiger charge is -2.27. The molecule has 4 rings (SSSR count). The Balaban J connectivity index is 1.89. The van der Waals surface area contributed by atoms with E-state index in [1.165, 1.54) is 25.0 Å². The van der Waals surface area contributed by atoms with Crippen LogP contribution in [0, 0.1) is 6.92 Å². The number of allylic oxidation sites excluding steroid dienone is 4. The van der Waals surface area contributed by atoms with Gasteiger partial charge in [-0.25, -0.2) is 13.6 Å². The highest BCUT2D eigenvalue weighted by Gasteiger charge is 2.51. The van der Waals surface area contributed by atoms with Crippen LogP contribution in [0.25, 0.3) is 16.7 Å². The van der Waals surface area contributed by atoms with E-state index in [0.717, 1.165) is 36.6 Å². The van der Waals surface area contributed by atoms with E-state index in [1.54, 1.807) is 26.0 Å². The minimum absolute atomic E-state index is 0.181. The maximum Gasteiger partial charge on any atom is 0.416 e. The number of rotatable bonds is 8. The van der Waals surface area contributed by atoms with Crippen LogP contribution in [0.1, 0.15) is 82.2 Å². The summed E-state index contributed by atoms with van der Waals surface area (Å²) in [5.74, 6) is -2.56. The Bertz CT molecular complexity index is 1480. The number of carbonyl (C=O) groups is 1. The topological polar surface area (TPSA) is 38.8 Å². The number of aryl methyl sites for hydroxylation is 1. The number of halogens is 5. The number of hydrogen-bond donors (Lipinski definition) is 0. The molecular weight excluding hydrogens is 565 g/mol. The van der Waals surface area contributed by atoms with Crippen molar-refractivity contribution in [1.29, 1.82) is 0 Å². The van der Waals surface area contributed by atoms with Gasteiger partial charge < -0.3 is 9.47 Å². The first-order valence-corrected chi connectivity index (χ1v) is 14.4. The van der Waals surface area contributed by atoms with Crippen molar-refractivity contribution in [3.05, 3.63) is 82.0 Å². The number of hydrogen-bond acceptors (Lipinski definition) is 3. The molecule has 3 unspecified atom stereocenters. The van der Waals surface area contributed by atoms with Crippen molar-refractivity contribution in [2.45, 2.75) is 91.1 Å². The zero-order chi connectivity index (χ0) is 31.9. The van der Waals surface area contributed by atoms with Gasteiger partial charge in [-0.3, -0.25) is 4.90 Å². The third-order valence-corrected chi connectivity index (χ3v) is 8.58. The number of methoxy groups -OCH3 is 1. The van der Waals surface area contributed by atoms with Gasteiger partial charge in [0, 0.05) is 12.5 Å². The number of fused-ring (bicyclic) bond motifs is 1. The minimum Gasteiger partial charge on any atom is -0.496 e. The van der Waals surface area contributed by atoms with Crippen LogP contribution in [0.3, 0.4) is 0 Å². The summed E-state index contributed by atoms with van der Waals surface area (Å²) in [4.78, 5) is 14.9. The van der Waals surface area contributed by atoms with Crippen LogP contribution in [0.5, 0.6) is 5.75 Å². The summed E-state index contributed by atoms with van der Waals surface area (Å²) in [7, 11) is 1.51. The lowest BCUT2D eigenvalue weighted by Crippen LogP contribution is -2.33. The molecule has 0 bridgehead atoms. The van der Waals surface area contributed by atoms with Gasteiger partial charge in [0.15, 0.2) is 0 Å². The molecule has 2 aliphatic heterocycles. The van der Waals surface area contributed by atoms with Crippen molar-refractivity contribution in [1.82, 2.24) is 4.90 Å². The molecule has 4 nitrogen and oxygen atoms in total. The van der Waals surface area contributed by atoms with E-state index in [4.69, 9.17) is 9.47 Å². The van der Waals surface area contributed by atoms with Gasteiger partial charge in [0.25, 0.3) is 5.92 Å². The van der Waals surface area contributed by atoms with E-state index in [9.17, 15) is 26.7 Å². The van der Waals surface area contributed by atoms with Gasteiger partial charge >= 0.3 is 12.3 Å². The van der Waals surface area contributed by atoms with Crippen molar-refractivity contribution in [2.75, 3.05) is 7.11 Å². The highest BCUT2D eigenvalue weighted by atomic mass is 19.4. The number of benzene rings is 2. The van der Waals surface area contributed by atoms with E-state index >= 15 is 0 Å². The molecule has 0 saturated carbocycles. The molecule has 2 fully saturated rings. The van der Waals surface area contributed by atoms with Crippen molar-refractivity contribution in [2.24, 2.45) is 0 Å². The molecule has 9 heteroatoms. The number of cyclic esters (lactones) is 1. The zero-order valence-electron chi connectivity index (χ0n) is 25.5. The van der Waals surface area contributed by atoms with Crippen LogP contribution >= 0.6 is 0 Å². The summed E-state index contributed by atoms with van der Waals surface area (Å²) in [5, 5.41) is 0. The molecule has 0 aromatic heterocycles. The Morgan fingerprint density at radius 1 is 1.09 bits per heavy atom. The fraction of sp³-hybridized carbons (Fsp3) is 0.441. The second-order valence-electron chi connectivity index (χ2n) is 11.2. The molecule has 0 N–H and O–H groups in total. The standard InChI is InChI=1S/C34H38F5NO3/c1-8-21(9-2)23-11-14-29(42-7)26(17-23)30-19(4)15-24(34(37,38)39)18-25(30)27-12-13-28-31(43-32(41)40(27)28)22(10-3)16-20(5)33(6,35)36/h8,10-11,14-18,27-28,31H,9,12-13H2,1-7H3. The third kappa shape index (κ3) is 6.22. The summed E-state index contributed by atoms with van der Waals surface area (Å²) >= 11 is 0. The normalized spacial score (nSPS) is 21.8. The zero-order valence-corrected chi connectivity index (χ0v) is 25.5. The highest BCUT2D eigenvalue weighted by Crippen LogP contribution is 2.50. The average Bonchev–Trinajstić information content (AvgIpc) is 3.52. The molecule has 2 aromatic carbocycles. The fourth-order valence-electron chi connectivity index (χ4n) is 6.23. The van der Waals surface area contributed by atoms with Gasteiger partial charge in [-0.05, 0) is 110 Å². The average molecular weight is 604 g/mol. The van der Waals surface area contributed by atoms with Crippen LogP contribution in [-0.4, -0.2) is 36.2 Å². The van der Waals surface area contributed by atoms with E-state index in [1.807, 2.05) is 32.1 Å². The van der Waals surface area contributed by atoms with Gasteiger partial charge in [-0.15, -0.1) is 0 Å². The van der Waals surface area contributed by atoms with Crippen LogP contribution in [0.2, 0.25) is 0 Å². The SMILES string of the molecule is CC=C(CC)c1ccc(OC)c(-c2c(C)cc(C(F)(F)F)cc2C2CCC3C(C(=CC)C=C(C)C(C)(F)F)OC(=O)N23)c1. The van der Waals surface area contributed by atoms with Crippen LogP contribution in [-0.2, 0) is 10.9 Å². The molecule has 232 valence electrons. The Morgan fingerprint density at radius 2 is 1.79 bits per heavy atom. The molecule has 2 aliphatic rings. The van der Waals surface area contributed by atoms with Crippen LogP contribution in [0.4, 0.5) is 26.7 Å². The summed E-state index contributed by atoms with van der Waals surface area (Å²) in [5.41, 5.74) is 3.35. The summed E-state index contributed by atoms with van der Waals surface area (Å²) < 4.78 is 81.8. The molecule has 3 atom stereocenters. The first kappa shape index (κ1) is 32.3. The smallest absolute Gasteiger partial charge is 0.416 e. The van der Waals surface area contributed by atoms with Crippen molar-refractivity contribution >= 4 is 11.7 Å². The van der Waals surface area contributed by atoms with E-state index in [0.29, 0.717) is 46.4 Å². The lowest BCUT2D eigenvalue weighted by molar-refractivity contribution is -0.137. The van der Waals surface area contributed by atoms with Crippen molar-refractivity contribution in [3.63, 3.8) is 0 Å². The molecule has 2 saturated heterocycles. The first-order chi connectivity index (χ1) is 20.2. The predicted molar refractivity (Wildman–Crippen MR) is 158 cm³/mol. The summed E-state index contributed by atoms with van der Waals surface area (Å²) in [6.07, 6.45) is 0.412. The van der Waals surface area contributed by atoms with E-state index < -0.39 is 41.9 Å². The molecule has 0 aliphatic carbocycles. The Morgan fingerprint density at radius 3 is 2.35 bits per heavy atom. The Hall–Kier alpha value is -3.62. The van der Waals surface area contributed by atoms with E-state index in [-0.39, 0.29) is 5.57 Å². The quantitative estimate of drug-likeness (QED) is 0.223. The molecule has 43 heavy (non-hydrogen) atoms. The van der Waals surface area contributed by atoms with Gasteiger partial charge in [-0.2, -0.15) is 13.2 Å². The molecule has 2 heterocycles. The number of carbonyl (C=O) groups excluding carboxylic acids is 1. The van der Waals surface area contributed by atoms with Crippen molar-refractivity contribution in [3.8, 4) is 16.9 Å². The van der Waals surface area contributed by atoms with Crippen LogP contribution < -0.4 is 4.74 Å². The second kappa shape index (κ2) is 12.2. The second-order valence-corrected chi connectivity index (χ2v) is 11.2. The number of amides is 1. The molecule has 0 radical (unpaired) electrons. The summed E-state index contributed by atoms with van der Waals surface area (Å²) in [6, 6.07) is 6.64. The monoisotopic (exact) mass is 603 g/mol. The number of ether oxygens (including phenoxy) is 2. The molecular formula is C34H38F5NO3. The lowest BCUT2D eigenvalue weighted by atomic mass is 9.86. The Labute approximate surface area is 249 Å². The predicted octanol–water partition coefficient (Wildman–Crippen LogP) is 10.1.